The predicted octanol–water partition coefficient (Wildman–Crippen LogP) is 11.5. The number of quaternary nitrogens is 1. The SMILES string of the molecule is CCCC/C=C/C/C=C/CCCCCCCC(=O)O[C@H](COC(=O)/C=C/C=C/CCCCCCCCCCCCC)COP(=O)(O)OCC[N+](C)(C)C. The summed E-state index contributed by atoms with van der Waals surface area (Å²) in [6, 6.07) is 0. The van der Waals surface area contributed by atoms with Gasteiger partial charge in [-0.25, -0.2) is 9.36 Å². The van der Waals surface area contributed by atoms with Crippen molar-refractivity contribution in [2.45, 2.75) is 168 Å². The standard InChI is InChI=1S/C43H78NO8P/c1-6-8-10-12-14-16-18-20-22-24-25-27-29-31-33-35-42(45)49-39-41(40-51-53(47,48)50-38-37-44(3,4)5)52-43(46)36-34-32-30-28-26-23-21-19-17-15-13-11-9-7-2/h13,15,19,21,29,31,33,35,41H,6-12,14,16-18,20,22-28,30,32,34,36-40H2,1-5H3/p+1/b15-13+,21-19+,31-29+,35-33+/t41-/m1/s1. The number of phosphoric ester groups is 1. The first-order valence-corrected chi connectivity index (χ1v) is 22.4. The third kappa shape index (κ3) is 39.5. The summed E-state index contributed by atoms with van der Waals surface area (Å²) in [5, 5.41) is 0. The summed E-state index contributed by atoms with van der Waals surface area (Å²) in [6.45, 7) is 4.22. The molecule has 9 nitrogen and oxygen atoms in total. The van der Waals surface area contributed by atoms with Gasteiger partial charge >= 0.3 is 19.8 Å². The minimum absolute atomic E-state index is 0.0149. The van der Waals surface area contributed by atoms with E-state index in [-0.39, 0.29) is 19.6 Å². The van der Waals surface area contributed by atoms with Crippen LogP contribution in [0.1, 0.15) is 162 Å². The minimum atomic E-state index is -4.39. The minimum Gasteiger partial charge on any atom is -0.458 e. The number of hydrogen-bond acceptors (Lipinski definition) is 7. The molecule has 0 spiro atoms. The molecule has 0 aliphatic rings. The number of carbonyl (C=O) groups is 2. The van der Waals surface area contributed by atoms with E-state index in [1.165, 1.54) is 83.1 Å². The highest BCUT2D eigenvalue weighted by molar-refractivity contribution is 7.47. The Hall–Kier alpha value is -2.03. The van der Waals surface area contributed by atoms with E-state index in [0.717, 1.165) is 57.8 Å². The van der Waals surface area contributed by atoms with Gasteiger partial charge < -0.3 is 18.9 Å². The predicted molar refractivity (Wildman–Crippen MR) is 220 cm³/mol. The molecule has 53 heavy (non-hydrogen) atoms. The van der Waals surface area contributed by atoms with Gasteiger partial charge in [-0.1, -0.05) is 153 Å². The first kappa shape index (κ1) is 51.0. The number of carbonyl (C=O) groups excluding carboxylic acids is 2. The lowest BCUT2D eigenvalue weighted by Crippen LogP contribution is -2.37. The Balaban J connectivity index is 4.52. The molecule has 0 aromatic carbocycles. The zero-order chi connectivity index (χ0) is 39.3. The van der Waals surface area contributed by atoms with E-state index in [2.05, 4.69) is 38.2 Å². The molecule has 0 radical (unpaired) electrons. The summed E-state index contributed by atoms with van der Waals surface area (Å²) >= 11 is 0. The van der Waals surface area contributed by atoms with Crippen LogP contribution in [-0.4, -0.2) is 74.9 Å². The molecule has 0 amide bonds. The lowest BCUT2D eigenvalue weighted by atomic mass is 10.1. The Bertz CT molecular complexity index is 1050. The van der Waals surface area contributed by atoms with Crippen LogP contribution in [0.5, 0.6) is 0 Å². The summed E-state index contributed by atoms with van der Waals surface area (Å²) in [6.07, 6.45) is 40.7. The molecule has 10 heteroatoms. The van der Waals surface area contributed by atoms with Crippen LogP contribution in [-0.2, 0) is 32.7 Å². The second kappa shape index (κ2) is 35.7. The van der Waals surface area contributed by atoms with Crippen LogP contribution in [0.15, 0.2) is 48.6 Å². The van der Waals surface area contributed by atoms with Gasteiger partial charge in [-0.15, -0.1) is 0 Å². The Labute approximate surface area is 324 Å². The molecule has 0 saturated heterocycles. The normalized spacial score (nSPS) is 14.2. The zero-order valence-electron chi connectivity index (χ0n) is 34.5. The van der Waals surface area contributed by atoms with Gasteiger partial charge in [0.1, 0.15) is 19.8 Å². The van der Waals surface area contributed by atoms with Crippen molar-refractivity contribution in [1.82, 2.24) is 0 Å². The molecule has 0 aliphatic heterocycles. The molecule has 308 valence electrons. The van der Waals surface area contributed by atoms with Crippen molar-refractivity contribution in [2.75, 3.05) is 47.5 Å². The summed E-state index contributed by atoms with van der Waals surface area (Å²) in [5.41, 5.74) is 0. The monoisotopic (exact) mass is 769 g/mol. The molecule has 0 bridgehead atoms. The molecule has 0 aliphatic carbocycles. The van der Waals surface area contributed by atoms with Gasteiger partial charge in [0.25, 0.3) is 0 Å². The van der Waals surface area contributed by atoms with E-state index in [1.807, 2.05) is 33.3 Å². The fourth-order valence-electron chi connectivity index (χ4n) is 5.35. The maximum Gasteiger partial charge on any atom is 0.472 e. The second-order valence-electron chi connectivity index (χ2n) is 15.1. The van der Waals surface area contributed by atoms with Crippen molar-refractivity contribution in [3.05, 3.63) is 48.6 Å². The number of unbranched alkanes of at least 4 members (excludes halogenated alkanes) is 18. The lowest BCUT2D eigenvalue weighted by Gasteiger charge is -2.24. The molecule has 1 N–H and O–H groups in total. The van der Waals surface area contributed by atoms with Crippen LogP contribution < -0.4 is 0 Å². The number of likely N-dealkylation sites (N-methyl/N-ethyl adjacent to an activating group) is 1. The van der Waals surface area contributed by atoms with E-state index < -0.39 is 32.5 Å². The Morgan fingerprint density at radius 3 is 1.75 bits per heavy atom. The molecule has 0 heterocycles. The van der Waals surface area contributed by atoms with Crippen molar-refractivity contribution < 1.29 is 42.1 Å². The van der Waals surface area contributed by atoms with E-state index in [0.29, 0.717) is 17.4 Å². The van der Waals surface area contributed by atoms with Crippen LogP contribution in [0.3, 0.4) is 0 Å². The smallest absolute Gasteiger partial charge is 0.458 e. The number of nitrogens with zero attached hydrogens (tertiary/aromatic N) is 1. The van der Waals surface area contributed by atoms with Crippen molar-refractivity contribution in [1.29, 1.82) is 0 Å². The first-order valence-electron chi connectivity index (χ1n) is 20.9. The Kier molecular flexibility index (Phi) is 34.3. The van der Waals surface area contributed by atoms with Gasteiger partial charge in [0.15, 0.2) is 6.10 Å². The van der Waals surface area contributed by atoms with E-state index in [1.54, 1.807) is 6.08 Å². The van der Waals surface area contributed by atoms with E-state index >= 15 is 0 Å². The molecule has 0 aromatic heterocycles. The largest absolute Gasteiger partial charge is 0.472 e. The number of phosphoric acid groups is 1. The van der Waals surface area contributed by atoms with Gasteiger partial charge in [-0.2, -0.15) is 0 Å². The average molecular weight is 769 g/mol. The van der Waals surface area contributed by atoms with Gasteiger partial charge in [0, 0.05) is 12.5 Å². The molecule has 0 rings (SSSR count). The first-order chi connectivity index (χ1) is 25.5. The van der Waals surface area contributed by atoms with E-state index in [4.69, 9.17) is 18.5 Å². The quantitative estimate of drug-likeness (QED) is 0.0127. The third-order valence-electron chi connectivity index (χ3n) is 8.69. The summed E-state index contributed by atoms with van der Waals surface area (Å²) in [5.74, 6) is -1.07. The summed E-state index contributed by atoms with van der Waals surface area (Å²) in [4.78, 5) is 35.1. The van der Waals surface area contributed by atoms with Crippen molar-refractivity contribution in [3.63, 3.8) is 0 Å². The van der Waals surface area contributed by atoms with Crippen LogP contribution >= 0.6 is 7.82 Å². The van der Waals surface area contributed by atoms with Crippen LogP contribution in [0.2, 0.25) is 0 Å². The maximum atomic E-state index is 12.6. The molecule has 0 saturated carbocycles. The fourth-order valence-corrected chi connectivity index (χ4v) is 6.10. The van der Waals surface area contributed by atoms with Gasteiger partial charge in [0.05, 0.1) is 27.7 Å². The third-order valence-corrected chi connectivity index (χ3v) is 9.67. The molecule has 2 atom stereocenters. The highest BCUT2D eigenvalue weighted by atomic mass is 31.2. The van der Waals surface area contributed by atoms with Gasteiger partial charge in [-0.05, 0) is 44.9 Å². The Morgan fingerprint density at radius 1 is 0.642 bits per heavy atom. The van der Waals surface area contributed by atoms with E-state index in [9.17, 15) is 19.0 Å². The molecule has 0 aromatic rings. The Morgan fingerprint density at radius 2 is 1.17 bits per heavy atom. The number of esters is 2. The lowest BCUT2D eigenvalue weighted by molar-refractivity contribution is -0.870. The number of hydrogen-bond donors (Lipinski definition) is 1. The highest BCUT2D eigenvalue weighted by Gasteiger charge is 2.26. The molecule has 1 unspecified atom stereocenters. The number of rotatable bonds is 37. The van der Waals surface area contributed by atoms with Crippen molar-refractivity contribution in [2.24, 2.45) is 0 Å². The molecule has 0 fully saturated rings. The van der Waals surface area contributed by atoms with Crippen LogP contribution in [0.4, 0.5) is 0 Å². The number of allylic oxidation sites excluding steroid dienone is 7. The maximum absolute atomic E-state index is 12.6. The molecular weight excluding hydrogens is 689 g/mol. The number of ether oxygens (including phenoxy) is 2. The van der Waals surface area contributed by atoms with Crippen molar-refractivity contribution >= 4 is 19.8 Å². The fraction of sp³-hybridized carbons (Fsp3) is 0.767. The van der Waals surface area contributed by atoms with Gasteiger partial charge in [-0.3, -0.25) is 13.8 Å². The topological polar surface area (TPSA) is 108 Å². The second-order valence-corrected chi connectivity index (χ2v) is 16.5. The highest BCUT2D eigenvalue weighted by Crippen LogP contribution is 2.43. The molecular formula is C43H79NO8P+. The average Bonchev–Trinajstić information content (AvgIpc) is 3.10. The summed E-state index contributed by atoms with van der Waals surface area (Å²) < 4.78 is 34.0. The van der Waals surface area contributed by atoms with Crippen molar-refractivity contribution in [3.8, 4) is 0 Å². The summed E-state index contributed by atoms with van der Waals surface area (Å²) in [7, 11) is 1.42. The van der Waals surface area contributed by atoms with Crippen LogP contribution in [0, 0.1) is 0 Å². The van der Waals surface area contributed by atoms with Crippen LogP contribution in [0.25, 0.3) is 0 Å². The van der Waals surface area contributed by atoms with Gasteiger partial charge in [0.2, 0.25) is 0 Å². The zero-order valence-corrected chi connectivity index (χ0v) is 35.4.